The highest BCUT2D eigenvalue weighted by molar-refractivity contribution is 5.77. The summed E-state index contributed by atoms with van der Waals surface area (Å²) in [7, 11) is 0. The van der Waals surface area contributed by atoms with Crippen molar-refractivity contribution in [1.29, 1.82) is 0 Å². The number of aliphatic carboxylic acids is 1. The summed E-state index contributed by atoms with van der Waals surface area (Å²) in [6, 6.07) is -0.127. The number of hydrogen-bond acceptors (Lipinski definition) is 3. The van der Waals surface area contributed by atoms with E-state index in [9.17, 15) is 9.59 Å². The minimum atomic E-state index is -0.655. The van der Waals surface area contributed by atoms with E-state index in [0.717, 1.165) is 25.7 Å². The zero-order valence-electron chi connectivity index (χ0n) is 27.8. The van der Waals surface area contributed by atoms with E-state index in [4.69, 9.17) is 16.6 Å². The van der Waals surface area contributed by atoms with E-state index >= 15 is 0 Å². The molecule has 0 heterocycles. The molecule has 0 aromatic carbocycles. The van der Waals surface area contributed by atoms with Gasteiger partial charge in [0, 0.05) is 12.5 Å². The molecule has 5 nitrogen and oxygen atoms in total. The second-order valence-corrected chi connectivity index (χ2v) is 12.3. The molecule has 244 valence electrons. The fourth-order valence-electron chi connectivity index (χ4n) is 5.22. The maximum absolute atomic E-state index is 11.2. The molecule has 1 amide bonds. The van der Waals surface area contributed by atoms with Crippen molar-refractivity contribution in [3.63, 3.8) is 0 Å². The van der Waals surface area contributed by atoms with Gasteiger partial charge < -0.3 is 16.6 Å². The number of amides is 1. The lowest BCUT2D eigenvalue weighted by molar-refractivity contribution is -0.137. The molecule has 5 N–H and O–H groups in total. The van der Waals surface area contributed by atoms with Gasteiger partial charge in [0.15, 0.2) is 0 Å². The summed E-state index contributed by atoms with van der Waals surface area (Å²) >= 11 is 0. The second kappa shape index (κ2) is 34.8. The summed E-state index contributed by atoms with van der Waals surface area (Å²) in [5, 5.41) is 8.49. The number of unbranched alkanes of at least 4 members (excludes halogenated alkanes) is 22. The van der Waals surface area contributed by atoms with Crippen LogP contribution in [-0.4, -0.2) is 23.0 Å². The Morgan fingerprint density at radius 1 is 0.585 bits per heavy atom. The van der Waals surface area contributed by atoms with E-state index in [1.165, 1.54) is 141 Å². The first-order valence-electron chi connectivity index (χ1n) is 17.8. The van der Waals surface area contributed by atoms with Gasteiger partial charge in [0.25, 0.3) is 0 Å². The van der Waals surface area contributed by atoms with Gasteiger partial charge >= 0.3 is 5.97 Å². The molecule has 0 fully saturated rings. The average Bonchev–Trinajstić information content (AvgIpc) is 2.93. The Labute approximate surface area is 256 Å². The Morgan fingerprint density at radius 2 is 0.927 bits per heavy atom. The van der Waals surface area contributed by atoms with Crippen molar-refractivity contribution < 1.29 is 14.7 Å². The molecule has 5 heteroatoms. The Balaban J connectivity index is 0. The van der Waals surface area contributed by atoms with E-state index < -0.39 is 5.97 Å². The van der Waals surface area contributed by atoms with E-state index in [1.54, 1.807) is 0 Å². The molecule has 0 spiro atoms. The molecule has 0 saturated heterocycles. The predicted octanol–water partition coefficient (Wildman–Crippen LogP) is 10.6. The fraction of sp³-hybridized carbons (Fsp3) is 0.889. The topological polar surface area (TPSA) is 106 Å². The van der Waals surface area contributed by atoms with Crippen LogP contribution in [0.15, 0.2) is 12.2 Å². The highest BCUT2D eigenvalue weighted by atomic mass is 16.4. The molecule has 0 aromatic heterocycles. The van der Waals surface area contributed by atoms with Crippen LogP contribution in [0.4, 0.5) is 0 Å². The van der Waals surface area contributed by atoms with Crippen LogP contribution in [0.25, 0.3) is 0 Å². The largest absolute Gasteiger partial charge is 0.481 e. The average molecular weight is 581 g/mol. The van der Waals surface area contributed by atoms with Crippen LogP contribution in [0, 0.1) is 5.92 Å². The maximum atomic E-state index is 11.2. The zero-order valence-corrected chi connectivity index (χ0v) is 27.8. The quantitative estimate of drug-likeness (QED) is 0.0580. The molecule has 0 aliphatic rings. The lowest BCUT2D eigenvalue weighted by Crippen LogP contribution is -2.37. The van der Waals surface area contributed by atoms with Crippen LogP contribution in [0.5, 0.6) is 0 Å². The number of carboxylic acids is 1. The summed E-state index contributed by atoms with van der Waals surface area (Å²) < 4.78 is 0. The molecule has 0 radical (unpaired) electrons. The standard InChI is InChI=1S/C20H40N2O.C16H32O2/c1-3-4-5-6-7-8-9-10-11-12-13-14-15-16-17-19(18(2)21)20(22)23;1-2-3-4-5-6-7-8-9-10-11-12-13-14-15-16(17)18/h10-11,18-19H,3-9,12-17,21H2,1-2H3,(H2,22,23);2-15H2,1H3,(H,17,18)/b11-10-;. The van der Waals surface area contributed by atoms with Gasteiger partial charge in [-0.05, 0) is 45.4 Å². The van der Waals surface area contributed by atoms with Crippen molar-refractivity contribution >= 4 is 11.9 Å². The maximum Gasteiger partial charge on any atom is 0.303 e. The summed E-state index contributed by atoms with van der Waals surface area (Å²) in [6.45, 7) is 6.39. The first-order chi connectivity index (χ1) is 19.9. The van der Waals surface area contributed by atoms with E-state index in [2.05, 4.69) is 26.0 Å². The third-order valence-corrected chi connectivity index (χ3v) is 8.02. The normalized spacial score (nSPS) is 12.7. The zero-order chi connectivity index (χ0) is 30.8. The predicted molar refractivity (Wildman–Crippen MR) is 179 cm³/mol. The highest BCUT2D eigenvalue weighted by Crippen LogP contribution is 2.15. The van der Waals surface area contributed by atoms with Crippen molar-refractivity contribution in [2.75, 3.05) is 0 Å². The van der Waals surface area contributed by atoms with Crippen LogP contribution in [0.2, 0.25) is 0 Å². The summed E-state index contributed by atoms with van der Waals surface area (Å²) in [4.78, 5) is 21.5. The molecule has 0 saturated carbocycles. The highest BCUT2D eigenvalue weighted by Gasteiger charge is 2.18. The van der Waals surface area contributed by atoms with E-state index in [1.807, 2.05) is 6.92 Å². The van der Waals surface area contributed by atoms with Crippen LogP contribution in [-0.2, 0) is 9.59 Å². The van der Waals surface area contributed by atoms with Gasteiger partial charge in [-0.3, -0.25) is 9.59 Å². The third kappa shape index (κ3) is 36.6. The van der Waals surface area contributed by atoms with Gasteiger partial charge in [0.1, 0.15) is 0 Å². The van der Waals surface area contributed by atoms with Crippen molar-refractivity contribution in [2.45, 2.75) is 200 Å². The van der Waals surface area contributed by atoms with Crippen LogP contribution in [0.1, 0.15) is 194 Å². The molecule has 0 rings (SSSR count). The van der Waals surface area contributed by atoms with Crippen molar-refractivity contribution in [3.8, 4) is 0 Å². The summed E-state index contributed by atoms with van der Waals surface area (Å²) in [5.74, 6) is -1.07. The number of hydrogen-bond donors (Lipinski definition) is 3. The van der Waals surface area contributed by atoms with Gasteiger partial charge in [-0.25, -0.2) is 0 Å². The summed E-state index contributed by atoms with van der Waals surface area (Å²) in [5.41, 5.74) is 11.1. The van der Waals surface area contributed by atoms with Gasteiger partial charge in [-0.15, -0.1) is 0 Å². The van der Waals surface area contributed by atoms with Crippen LogP contribution < -0.4 is 11.5 Å². The number of carbonyl (C=O) groups is 2. The number of nitrogens with two attached hydrogens (primary N) is 2. The molecular weight excluding hydrogens is 508 g/mol. The monoisotopic (exact) mass is 581 g/mol. The van der Waals surface area contributed by atoms with Gasteiger partial charge in [-0.2, -0.15) is 0 Å². The fourth-order valence-corrected chi connectivity index (χ4v) is 5.22. The number of carboxylic acid groups (broad SMARTS) is 1. The smallest absolute Gasteiger partial charge is 0.303 e. The lowest BCUT2D eigenvalue weighted by Gasteiger charge is -2.16. The molecule has 2 atom stereocenters. The molecule has 41 heavy (non-hydrogen) atoms. The Kier molecular flexibility index (Phi) is 35.5. The molecule has 0 bridgehead atoms. The lowest BCUT2D eigenvalue weighted by atomic mass is 9.94. The number of rotatable bonds is 30. The van der Waals surface area contributed by atoms with E-state index in [0.29, 0.717) is 6.42 Å². The number of carbonyl (C=O) groups excluding carboxylic acids is 1. The minimum absolute atomic E-state index is 0.127. The van der Waals surface area contributed by atoms with Crippen molar-refractivity contribution in [3.05, 3.63) is 12.2 Å². The van der Waals surface area contributed by atoms with Crippen molar-refractivity contribution in [2.24, 2.45) is 17.4 Å². The van der Waals surface area contributed by atoms with E-state index in [-0.39, 0.29) is 17.9 Å². The SMILES string of the molecule is CCCCCCCC/C=C\CCCCCCC(C(N)=O)C(C)N.CCCCCCCCCCCCCCCC(=O)O. The molecule has 0 aliphatic heterocycles. The Bertz CT molecular complexity index is 577. The second-order valence-electron chi connectivity index (χ2n) is 12.3. The van der Waals surface area contributed by atoms with Gasteiger partial charge in [-0.1, -0.05) is 154 Å². The number of allylic oxidation sites excluding steroid dienone is 2. The Morgan fingerprint density at radius 3 is 1.27 bits per heavy atom. The van der Waals surface area contributed by atoms with Crippen LogP contribution >= 0.6 is 0 Å². The third-order valence-electron chi connectivity index (χ3n) is 8.02. The van der Waals surface area contributed by atoms with Gasteiger partial charge in [0.05, 0.1) is 5.92 Å². The first-order valence-corrected chi connectivity index (χ1v) is 17.8. The molecule has 0 aromatic rings. The number of primary amides is 1. The summed E-state index contributed by atoms with van der Waals surface area (Å²) in [6.07, 6.45) is 38.1. The van der Waals surface area contributed by atoms with Crippen LogP contribution in [0.3, 0.4) is 0 Å². The molecule has 0 aliphatic carbocycles. The first kappa shape index (κ1) is 41.8. The Hall–Kier alpha value is -1.36. The minimum Gasteiger partial charge on any atom is -0.481 e. The molecular formula is C36H72N2O3. The molecule has 2 unspecified atom stereocenters. The van der Waals surface area contributed by atoms with Crippen molar-refractivity contribution in [1.82, 2.24) is 0 Å². The van der Waals surface area contributed by atoms with Gasteiger partial charge in [0.2, 0.25) is 5.91 Å².